The number of hydrogen-bond donors (Lipinski definition) is 7. The molecule has 5 atom stereocenters. The number of nitrogens with two attached hydrogens (primary N) is 2. The van der Waals surface area contributed by atoms with Gasteiger partial charge in [-0.25, -0.2) is 4.79 Å². The summed E-state index contributed by atoms with van der Waals surface area (Å²) in [5.41, 5.74) is 11.4. The van der Waals surface area contributed by atoms with Gasteiger partial charge in [0, 0.05) is 12.2 Å². The van der Waals surface area contributed by atoms with Gasteiger partial charge in [-0.3, -0.25) is 19.2 Å². The number of carboxylic acids is 1. The van der Waals surface area contributed by atoms with E-state index in [0.717, 1.165) is 5.56 Å². The van der Waals surface area contributed by atoms with Crippen molar-refractivity contribution in [2.75, 3.05) is 5.75 Å². The fraction of sp³-hybridized carbons (Fsp3) is 0.500. The molecule has 0 aromatic heterocycles. The minimum absolute atomic E-state index is 0.0830. The summed E-state index contributed by atoms with van der Waals surface area (Å²) in [7, 11) is 0. The molecule has 12 heteroatoms. The van der Waals surface area contributed by atoms with Gasteiger partial charge in [-0.05, 0) is 11.5 Å². The lowest BCUT2D eigenvalue weighted by atomic mass is 9.98. The van der Waals surface area contributed by atoms with Gasteiger partial charge in [-0.1, -0.05) is 50.6 Å². The van der Waals surface area contributed by atoms with E-state index in [1.54, 1.807) is 44.2 Å². The molecule has 8 N–H and O–H groups in total. The van der Waals surface area contributed by atoms with E-state index < -0.39 is 60.2 Å². The predicted molar refractivity (Wildman–Crippen MR) is 129 cm³/mol. The third kappa shape index (κ3) is 9.40. The highest BCUT2D eigenvalue weighted by Gasteiger charge is 2.31. The number of thiol groups is 1. The molecule has 34 heavy (non-hydrogen) atoms. The Hall–Kier alpha value is -3.12. The summed E-state index contributed by atoms with van der Waals surface area (Å²) in [6, 6.07) is 4.17. The highest BCUT2D eigenvalue weighted by molar-refractivity contribution is 7.80. The van der Waals surface area contributed by atoms with Gasteiger partial charge >= 0.3 is 5.97 Å². The zero-order valence-corrected chi connectivity index (χ0v) is 20.1. The second-order valence-corrected chi connectivity index (χ2v) is 8.35. The van der Waals surface area contributed by atoms with Crippen LogP contribution in [0.25, 0.3) is 0 Å². The van der Waals surface area contributed by atoms with E-state index >= 15 is 0 Å². The molecule has 0 fully saturated rings. The van der Waals surface area contributed by atoms with E-state index in [1.165, 1.54) is 0 Å². The van der Waals surface area contributed by atoms with Gasteiger partial charge in [0.05, 0.1) is 12.5 Å². The second kappa shape index (κ2) is 14.2. The first-order chi connectivity index (χ1) is 16.0. The number of primary amides is 1. The van der Waals surface area contributed by atoms with Gasteiger partial charge < -0.3 is 32.5 Å². The molecule has 4 amide bonds. The van der Waals surface area contributed by atoms with Crippen molar-refractivity contribution in [3.63, 3.8) is 0 Å². The number of amides is 4. The Morgan fingerprint density at radius 3 is 2.03 bits per heavy atom. The van der Waals surface area contributed by atoms with Crippen LogP contribution in [0.2, 0.25) is 0 Å². The van der Waals surface area contributed by atoms with Crippen LogP contribution < -0.4 is 27.4 Å². The largest absolute Gasteiger partial charge is 0.480 e. The first-order valence-corrected chi connectivity index (χ1v) is 11.5. The Kier molecular flexibility index (Phi) is 12.1. The minimum atomic E-state index is -1.25. The maximum Gasteiger partial charge on any atom is 0.326 e. The van der Waals surface area contributed by atoms with Crippen LogP contribution in [0.15, 0.2) is 30.3 Å². The number of carbonyl (C=O) groups is 5. The Balaban J connectivity index is 3.03. The maximum atomic E-state index is 13.0. The Bertz CT molecular complexity index is 869. The lowest BCUT2D eigenvalue weighted by molar-refractivity contribution is -0.143. The predicted octanol–water partition coefficient (Wildman–Crippen LogP) is -1.05. The number of benzene rings is 1. The van der Waals surface area contributed by atoms with Gasteiger partial charge in [-0.2, -0.15) is 12.6 Å². The molecular weight excluding hydrogens is 462 g/mol. The number of hydrogen-bond acceptors (Lipinski definition) is 7. The molecular formula is C22H33N5O6S. The molecule has 0 saturated heterocycles. The highest BCUT2D eigenvalue weighted by Crippen LogP contribution is 2.10. The van der Waals surface area contributed by atoms with Gasteiger partial charge in [-0.15, -0.1) is 0 Å². The van der Waals surface area contributed by atoms with Crippen LogP contribution in [0.3, 0.4) is 0 Å². The summed E-state index contributed by atoms with van der Waals surface area (Å²) < 4.78 is 0. The maximum absolute atomic E-state index is 13.0. The van der Waals surface area contributed by atoms with Crippen LogP contribution in [0.1, 0.15) is 32.3 Å². The zero-order chi connectivity index (χ0) is 25.8. The third-order valence-corrected chi connectivity index (χ3v) is 5.63. The molecule has 0 bridgehead atoms. The van der Waals surface area contributed by atoms with Gasteiger partial charge in [0.15, 0.2) is 0 Å². The summed E-state index contributed by atoms with van der Waals surface area (Å²) in [5.74, 6) is -4.60. The molecule has 1 aromatic carbocycles. The zero-order valence-electron chi connectivity index (χ0n) is 19.2. The van der Waals surface area contributed by atoms with Crippen LogP contribution in [0.4, 0.5) is 0 Å². The van der Waals surface area contributed by atoms with Crippen LogP contribution >= 0.6 is 12.6 Å². The average Bonchev–Trinajstić information content (AvgIpc) is 2.79. The summed E-state index contributed by atoms with van der Waals surface area (Å²) in [4.78, 5) is 60.7. The van der Waals surface area contributed by atoms with Crippen molar-refractivity contribution in [2.45, 2.75) is 57.3 Å². The van der Waals surface area contributed by atoms with Crippen molar-refractivity contribution < 1.29 is 29.1 Å². The topological polar surface area (TPSA) is 194 Å². The van der Waals surface area contributed by atoms with Gasteiger partial charge in [0.2, 0.25) is 23.6 Å². The molecule has 0 spiro atoms. The molecule has 0 radical (unpaired) electrons. The fourth-order valence-corrected chi connectivity index (χ4v) is 3.31. The van der Waals surface area contributed by atoms with Crippen molar-refractivity contribution in [3.05, 3.63) is 35.9 Å². The van der Waals surface area contributed by atoms with Crippen molar-refractivity contribution in [3.8, 4) is 0 Å². The molecule has 0 aliphatic rings. The monoisotopic (exact) mass is 495 g/mol. The smallest absolute Gasteiger partial charge is 0.326 e. The minimum Gasteiger partial charge on any atom is -0.480 e. The average molecular weight is 496 g/mol. The highest BCUT2D eigenvalue weighted by atomic mass is 32.1. The molecule has 0 aliphatic carbocycles. The van der Waals surface area contributed by atoms with Gasteiger partial charge in [0.1, 0.15) is 18.1 Å². The Labute approximate surface area is 203 Å². The van der Waals surface area contributed by atoms with Crippen LogP contribution in [0, 0.1) is 5.92 Å². The number of aliphatic carboxylic acids is 1. The lowest BCUT2D eigenvalue weighted by Crippen LogP contribution is -2.58. The molecule has 0 aliphatic heterocycles. The summed E-state index contributed by atoms with van der Waals surface area (Å²) in [5, 5.41) is 17.0. The number of carbonyl (C=O) groups excluding carboxylic acids is 4. The normalized spacial score (nSPS) is 15.2. The van der Waals surface area contributed by atoms with Crippen molar-refractivity contribution in [1.82, 2.24) is 16.0 Å². The number of rotatable bonds is 14. The van der Waals surface area contributed by atoms with E-state index in [2.05, 4.69) is 28.6 Å². The molecule has 1 rings (SSSR count). The Morgan fingerprint density at radius 1 is 0.971 bits per heavy atom. The first kappa shape index (κ1) is 28.9. The quantitative estimate of drug-likeness (QED) is 0.160. The van der Waals surface area contributed by atoms with Crippen molar-refractivity contribution >= 4 is 42.2 Å². The lowest BCUT2D eigenvalue weighted by Gasteiger charge is -2.26. The van der Waals surface area contributed by atoms with Crippen LogP contribution in [-0.4, -0.2) is 64.6 Å². The fourth-order valence-electron chi connectivity index (χ4n) is 3.05. The summed E-state index contributed by atoms with van der Waals surface area (Å²) in [6.45, 7) is 3.50. The first-order valence-electron chi connectivity index (χ1n) is 10.8. The van der Waals surface area contributed by atoms with Crippen molar-refractivity contribution in [1.29, 1.82) is 0 Å². The molecule has 1 aromatic rings. The van der Waals surface area contributed by atoms with E-state index in [1.807, 2.05) is 0 Å². The second-order valence-electron chi connectivity index (χ2n) is 7.98. The van der Waals surface area contributed by atoms with Gasteiger partial charge in [0.25, 0.3) is 0 Å². The number of carboxylic acid groups (broad SMARTS) is 1. The molecule has 5 unspecified atom stereocenters. The summed E-state index contributed by atoms with van der Waals surface area (Å²) in [6.07, 6.45) is 0.198. The van der Waals surface area contributed by atoms with Crippen LogP contribution in [-0.2, 0) is 30.4 Å². The SMILES string of the molecule is CCC(C)C(NC(=O)C(Cc1ccccc1)NC(=O)C(CS)NC(=O)C(N)CC(N)=O)C(=O)O. The molecule has 0 saturated carbocycles. The van der Waals surface area contributed by atoms with Crippen molar-refractivity contribution in [2.24, 2.45) is 17.4 Å². The number of nitrogens with one attached hydrogen (secondary N) is 3. The molecule has 0 heterocycles. The van der Waals surface area contributed by atoms with E-state index in [0.29, 0.717) is 6.42 Å². The van der Waals surface area contributed by atoms with E-state index in [9.17, 15) is 29.1 Å². The van der Waals surface area contributed by atoms with E-state index in [4.69, 9.17) is 11.5 Å². The third-order valence-electron chi connectivity index (χ3n) is 5.27. The summed E-state index contributed by atoms with van der Waals surface area (Å²) >= 11 is 4.08. The molecule has 188 valence electrons. The standard InChI is InChI=1S/C22H33N5O6S/c1-3-12(2)18(22(32)33)27-20(30)15(9-13-7-5-4-6-8-13)25-21(31)16(11-34)26-19(29)14(23)10-17(24)28/h4-8,12,14-16,18,34H,3,9-11,23H2,1-2H3,(H2,24,28)(H,25,31)(H,26,29)(H,27,30)(H,32,33). The Morgan fingerprint density at radius 2 is 1.53 bits per heavy atom. The van der Waals surface area contributed by atoms with Crippen LogP contribution in [0.5, 0.6) is 0 Å². The van der Waals surface area contributed by atoms with E-state index in [-0.39, 0.29) is 18.1 Å². The molecule has 11 nitrogen and oxygen atoms in total.